The number of benzene rings is 1. The van der Waals surface area contributed by atoms with Crippen LogP contribution in [0.15, 0.2) is 58.2 Å². The van der Waals surface area contributed by atoms with Crippen LogP contribution >= 0.6 is 15.9 Å². The van der Waals surface area contributed by atoms with Gasteiger partial charge in [-0.25, -0.2) is 0 Å². The summed E-state index contributed by atoms with van der Waals surface area (Å²) in [5.41, 5.74) is 1.09. The maximum Gasteiger partial charge on any atom is 0.0340 e. The summed E-state index contributed by atoms with van der Waals surface area (Å²) in [6, 6.07) is 8.01. The summed E-state index contributed by atoms with van der Waals surface area (Å²) in [5.74, 6) is 0. The minimum absolute atomic E-state index is 1.07. The molecule has 0 saturated heterocycles. The van der Waals surface area contributed by atoms with Crippen LogP contribution < -0.4 is 0 Å². The van der Waals surface area contributed by atoms with E-state index in [0.29, 0.717) is 0 Å². The molecule has 0 aliphatic heterocycles. The average molecular weight is 250 g/mol. The van der Waals surface area contributed by atoms with Crippen molar-refractivity contribution in [3.63, 3.8) is 0 Å². The van der Waals surface area contributed by atoms with Gasteiger partial charge in [0.15, 0.2) is 0 Å². The van der Waals surface area contributed by atoms with E-state index in [1.807, 2.05) is 55.6 Å². The van der Waals surface area contributed by atoms with Crippen LogP contribution in [0, 0.1) is 0 Å². The molecule has 0 heterocycles. The van der Waals surface area contributed by atoms with Gasteiger partial charge in [-0.1, -0.05) is 40.2 Å². The summed E-state index contributed by atoms with van der Waals surface area (Å²) in [6.45, 7) is 1.97. The molecular weight excluding hydrogens is 238 g/mol. The van der Waals surface area contributed by atoms with Crippen LogP contribution in [0.25, 0.3) is 0 Å². The summed E-state index contributed by atoms with van der Waals surface area (Å²) >= 11 is 3.41. The molecule has 0 atom stereocenters. The van der Waals surface area contributed by atoms with Gasteiger partial charge in [0, 0.05) is 16.9 Å². The first-order valence-electron chi connectivity index (χ1n) is 4.39. The molecule has 0 bridgehead atoms. The molecule has 1 aromatic rings. The third-order valence-corrected chi connectivity index (χ3v) is 2.04. The second kappa shape index (κ2) is 6.33. The quantitative estimate of drug-likeness (QED) is 0.568. The monoisotopic (exact) mass is 249 g/mol. The Morgan fingerprint density at radius 3 is 2.86 bits per heavy atom. The standard InChI is InChI=1S/C12H12BrN/c1-2-3-4-8-14-10-11-6-5-7-12(13)9-11/h2-10H,1H3/b3-2-,8-4-,14-10+. The van der Waals surface area contributed by atoms with Gasteiger partial charge in [0.05, 0.1) is 0 Å². The van der Waals surface area contributed by atoms with E-state index in [1.54, 1.807) is 6.20 Å². The Balaban J connectivity index is 2.60. The molecule has 1 aromatic carbocycles. The molecule has 0 aromatic heterocycles. The van der Waals surface area contributed by atoms with Crippen LogP contribution in [0.1, 0.15) is 12.5 Å². The molecule has 0 saturated carbocycles. The van der Waals surface area contributed by atoms with Gasteiger partial charge in [-0.2, -0.15) is 0 Å². The van der Waals surface area contributed by atoms with E-state index in [4.69, 9.17) is 0 Å². The Morgan fingerprint density at radius 2 is 2.14 bits per heavy atom. The first kappa shape index (κ1) is 10.9. The Morgan fingerprint density at radius 1 is 1.29 bits per heavy atom. The lowest BCUT2D eigenvalue weighted by molar-refractivity contribution is 1.55. The van der Waals surface area contributed by atoms with E-state index >= 15 is 0 Å². The first-order chi connectivity index (χ1) is 6.83. The highest BCUT2D eigenvalue weighted by Gasteiger charge is 1.87. The van der Waals surface area contributed by atoms with Gasteiger partial charge in [0.25, 0.3) is 0 Å². The Bertz CT molecular complexity index is 364. The summed E-state index contributed by atoms with van der Waals surface area (Å²) in [4.78, 5) is 4.14. The van der Waals surface area contributed by atoms with Crippen LogP contribution in [0.4, 0.5) is 0 Å². The number of hydrogen-bond acceptors (Lipinski definition) is 1. The van der Waals surface area contributed by atoms with E-state index < -0.39 is 0 Å². The fraction of sp³-hybridized carbons (Fsp3) is 0.0833. The van der Waals surface area contributed by atoms with Gasteiger partial charge >= 0.3 is 0 Å². The topological polar surface area (TPSA) is 12.4 Å². The van der Waals surface area contributed by atoms with Crippen molar-refractivity contribution in [2.24, 2.45) is 4.99 Å². The molecule has 1 nitrogen and oxygen atoms in total. The molecule has 0 fully saturated rings. The zero-order valence-electron chi connectivity index (χ0n) is 8.02. The molecular formula is C12H12BrN. The molecule has 0 aliphatic carbocycles. The van der Waals surface area contributed by atoms with Crippen molar-refractivity contribution in [3.8, 4) is 0 Å². The molecule has 2 heteroatoms. The van der Waals surface area contributed by atoms with Crippen LogP contribution in [-0.4, -0.2) is 6.21 Å². The summed E-state index contributed by atoms with van der Waals surface area (Å²) in [6.07, 6.45) is 9.39. The van der Waals surface area contributed by atoms with Crippen molar-refractivity contribution in [2.45, 2.75) is 6.92 Å². The first-order valence-corrected chi connectivity index (χ1v) is 5.19. The van der Waals surface area contributed by atoms with Crippen molar-refractivity contribution in [3.05, 3.63) is 58.7 Å². The number of rotatable bonds is 3. The fourth-order valence-electron chi connectivity index (χ4n) is 0.926. The minimum atomic E-state index is 1.07. The predicted octanol–water partition coefficient (Wildman–Crippen LogP) is 3.96. The van der Waals surface area contributed by atoms with Gasteiger partial charge < -0.3 is 0 Å². The maximum absolute atomic E-state index is 4.14. The summed E-state index contributed by atoms with van der Waals surface area (Å²) < 4.78 is 1.07. The van der Waals surface area contributed by atoms with Crippen molar-refractivity contribution in [2.75, 3.05) is 0 Å². The largest absolute Gasteiger partial charge is 0.264 e. The molecule has 1 rings (SSSR count). The average Bonchev–Trinajstić information content (AvgIpc) is 2.18. The number of nitrogens with zero attached hydrogens (tertiary/aromatic N) is 1. The lowest BCUT2D eigenvalue weighted by atomic mass is 10.2. The molecule has 0 spiro atoms. The highest BCUT2D eigenvalue weighted by molar-refractivity contribution is 9.10. The molecule has 0 unspecified atom stereocenters. The number of allylic oxidation sites excluding steroid dienone is 3. The third-order valence-electron chi connectivity index (χ3n) is 1.55. The van der Waals surface area contributed by atoms with Crippen LogP contribution in [-0.2, 0) is 0 Å². The summed E-state index contributed by atoms with van der Waals surface area (Å²) in [5, 5.41) is 0. The van der Waals surface area contributed by atoms with Gasteiger partial charge in [0.2, 0.25) is 0 Å². The van der Waals surface area contributed by atoms with E-state index in [-0.39, 0.29) is 0 Å². The van der Waals surface area contributed by atoms with Crippen LogP contribution in [0.5, 0.6) is 0 Å². The maximum atomic E-state index is 4.14. The molecule has 0 aliphatic rings. The lowest BCUT2D eigenvalue weighted by Gasteiger charge is -1.91. The van der Waals surface area contributed by atoms with E-state index in [0.717, 1.165) is 10.0 Å². The van der Waals surface area contributed by atoms with Gasteiger partial charge in [-0.15, -0.1) is 0 Å². The molecule has 72 valence electrons. The highest BCUT2D eigenvalue weighted by atomic mass is 79.9. The molecule has 14 heavy (non-hydrogen) atoms. The lowest BCUT2D eigenvalue weighted by Crippen LogP contribution is -1.78. The van der Waals surface area contributed by atoms with Crippen LogP contribution in [0.2, 0.25) is 0 Å². The van der Waals surface area contributed by atoms with Crippen molar-refractivity contribution in [1.82, 2.24) is 0 Å². The second-order valence-corrected chi connectivity index (χ2v) is 3.62. The van der Waals surface area contributed by atoms with Crippen molar-refractivity contribution in [1.29, 1.82) is 0 Å². The van der Waals surface area contributed by atoms with Gasteiger partial charge in [-0.3, -0.25) is 4.99 Å². The van der Waals surface area contributed by atoms with Gasteiger partial charge in [-0.05, 0) is 30.7 Å². The zero-order valence-corrected chi connectivity index (χ0v) is 9.61. The number of halogens is 1. The Kier molecular flexibility index (Phi) is 4.94. The number of aliphatic imine (C=N–C) groups is 1. The summed E-state index contributed by atoms with van der Waals surface area (Å²) in [7, 11) is 0. The smallest absolute Gasteiger partial charge is 0.0340 e. The van der Waals surface area contributed by atoms with Gasteiger partial charge in [0.1, 0.15) is 0 Å². The van der Waals surface area contributed by atoms with Crippen molar-refractivity contribution >= 4 is 22.1 Å². The predicted molar refractivity (Wildman–Crippen MR) is 65.7 cm³/mol. The third kappa shape index (κ3) is 4.19. The van der Waals surface area contributed by atoms with Crippen LogP contribution in [0.3, 0.4) is 0 Å². The minimum Gasteiger partial charge on any atom is -0.264 e. The molecule has 0 radical (unpaired) electrons. The molecule has 0 N–H and O–H groups in total. The normalized spacial score (nSPS) is 12.1. The fourth-order valence-corrected chi connectivity index (χ4v) is 1.34. The Hall–Kier alpha value is -1.15. The zero-order chi connectivity index (χ0) is 10.2. The Labute approximate surface area is 93.0 Å². The van der Waals surface area contributed by atoms with E-state index in [2.05, 4.69) is 20.9 Å². The molecule has 0 amide bonds. The van der Waals surface area contributed by atoms with E-state index in [1.165, 1.54) is 0 Å². The SMILES string of the molecule is C\C=C/C=C\N=C\c1cccc(Br)c1. The van der Waals surface area contributed by atoms with Crippen molar-refractivity contribution < 1.29 is 0 Å². The highest BCUT2D eigenvalue weighted by Crippen LogP contribution is 2.09. The van der Waals surface area contributed by atoms with E-state index in [9.17, 15) is 0 Å². The number of hydrogen-bond donors (Lipinski definition) is 0. The second-order valence-electron chi connectivity index (χ2n) is 2.70.